The van der Waals surface area contributed by atoms with E-state index in [1.54, 1.807) is 0 Å². The number of nitrogens with one attached hydrogen (secondary N) is 1. The first-order chi connectivity index (χ1) is 19.6. The molecule has 0 radical (unpaired) electrons. The van der Waals surface area contributed by atoms with E-state index in [9.17, 15) is 28.8 Å². The zero-order chi connectivity index (χ0) is 32.2. The molecular weight excluding hydrogens is 595 g/mol. The van der Waals surface area contributed by atoms with Crippen molar-refractivity contribution in [1.29, 1.82) is 0 Å². The third-order valence-corrected chi connectivity index (χ3v) is 5.88. The van der Waals surface area contributed by atoms with Gasteiger partial charge in [-0.3, -0.25) is 19.2 Å². The highest BCUT2D eigenvalue weighted by atomic mass is 35.5. The van der Waals surface area contributed by atoms with Crippen LogP contribution in [0.3, 0.4) is 0 Å². The molecule has 42 heavy (non-hydrogen) atoms. The van der Waals surface area contributed by atoms with Gasteiger partial charge in [-0.1, -0.05) is 23.2 Å². The topological polar surface area (TPSA) is 231 Å². The molecule has 0 saturated carbocycles. The number of ether oxygens (including phenoxy) is 2. The summed E-state index contributed by atoms with van der Waals surface area (Å²) in [6.45, 7) is 4.04. The highest BCUT2D eigenvalue weighted by molar-refractivity contribution is 6.31. The summed E-state index contributed by atoms with van der Waals surface area (Å²) in [5.74, 6) is -5.17. The van der Waals surface area contributed by atoms with Gasteiger partial charge in [0.15, 0.2) is 11.6 Å². The molecule has 1 amide bonds. The number of carboxylic acid groups (broad SMARTS) is 1. The third kappa shape index (κ3) is 10.0. The van der Waals surface area contributed by atoms with Crippen molar-refractivity contribution >= 4 is 70.0 Å². The van der Waals surface area contributed by atoms with Gasteiger partial charge in [0.25, 0.3) is 0 Å². The van der Waals surface area contributed by atoms with E-state index >= 15 is 0 Å². The molecule has 0 fully saturated rings. The second kappa shape index (κ2) is 16.3. The monoisotopic (exact) mass is 626 g/mol. The van der Waals surface area contributed by atoms with Crippen LogP contribution in [-0.2, 0) is 28.7 Å². The Morgan fingerprint density at radius 3 is 1.64 bits per heavy atom. The van der Waals surface area contributed by atoms with Crippen molar-refractivity contribution in [2.24, 2.45) is 5.73 Å². The third-order valence-electron chi connectivity index (χ3n) is 5.41. The molecule has 1 atom stereocenters. The van der Waals surface area contributed by atoms with Crippen molar-refractivity contribution < 1.29 is 43.3 Å². The summed E-state index contributed by atoms with van der Waals surface area (Å²) < 4.78 is 9.81. The molecule has 0 saturated heterocycles. The molecule has 8 N–H and O–H groups in total. The van der Waals surface area contributed by atoms with E-state index in [1.807, 2.05) is 0 Å². The van der Waals surface area contributed by atoms with Crippen molar-refractivity contribution in [3.05, 3.63) is 57.6 Å². The standard InChI is InChI=1S/C17H21ClN2O6.C10H11ClN2O3/c1-4-25-15(23)17(20-10(3)21,16(24)26-5-2)9-14(22)12-7-6-11(18)8-13(12)19;11-5-1-2-6(7(12)3-5)9(14)4-8(13)10(15)16/h6-8H,4-5,9,19H2,1-3H3,(H,20,21);1-3,8H,4,12-13H2,(H,15,16). The number of rotatable bonds is 12. The second-order valence-corrected chi connectivity index (χ2v) is 9.54. The summed E-state index contributed by atoms with van der Waals surface area (Å²) >= 11 is 11.5. The van der Waals surface area contributed by atoms with Crippen LogP contribution >= 0.6 is 23.2 Å². The number of Topliss-reactive ketones (excluding diaryl/α,β-unsaturated/α-hetero) is 2. The number of esters is 2. The maximum absolute atomic E-state index is 12.7. The number of hydrogen-bond acceptors (Lipinski definition) is 11. The average molecular weight is 627 g/mol. The van der Waals surface area contributed by atoms with Gasteiger partial charge in [-0.25, -0.2) is 9.59 Å². The van der Waals surface area contributed by atoms with Gasteiger partial charge in [0.05, 0.1) is 19.6 Å². The first kappa shape index (κ1) is 35.8. The number of aliphatic carboxylic acids is 1. The quantitative estimate of drug-likeness (QED) is 0.0988. The molecule has 0 spiro atoms. The number of halogens is 2. The van der Waals surface area contributed by atoms with Crippen LogP contribution in [0.1, 0.15) is 54.3 Å². The number of amides is 1. The van der Waals surface area contributed by atoms with E-state index in [4.69, 9.17) is 55.0 Å². The lowest BCUT2D eigenvalue weighted by Gasteiger charge is -2.29. The minimum Gasteiger partial charge on any atom is -0.480 e. The Labute approximate surface area is 251 Å². The van der Waals surface area contributed by atoms with Crippen molar-refractivity contribution in [1.82, 2.24) is 5.32 Å². The van der Waals surface area contributed by atoms with Crippen LogP contribution in [0.4, 0.5) is 11.4 Å². The number of nitrogen functional groups attached to an aromatic ring is 2. The van der Waals surface area contributed by atoms with Gasteiger partial charge in [-0.05, 0) is 50.2 Å². The zero-order valence-electron chi connectivity index (χ0n) is 23.1. The molecular formula is C27H32Cl2N4O9. The van der Waals surface area contributed by atoms with Crippen LogP contribution in [0.2, 0.25) is 10.0 Å². The van der Waals surface area contributed by atoms with Gasteiger partial charge in [0.2, 0.25) is 11.4 Å². The predicted octanol–water partition coefficient (Wildman–Crippen LogP) is 2.40. The summed E-state index contributed by atoms with van der Waals surface area (Å²) in [5.41, 5.74) is 14.9. The van der Waals surface area contributed by atoms with E-state index in [2.05, 4.69) is 5.32 Å². The van der Waals surface area contributed by atoms with Gasteiger partial charge in [-0.2, -0.15) is 0 Å². The summed E-state index contributed by atoms with van der Waals surface area (Å²) in [6, 6.07) is 7.36. The van der Waals surface area contributed by atoms with Crippen molar-refractivity contribution in [3.8, 4) is 0 Å². The molecule has 2 aromatic carbocycles. The van der Waals surface area contributed by atoms with Crippen LogP contribution in [0.25, 0.3) is 0 Å². The Balaban J connectivity index is 0.000000470. The van der Waals surface area contributed by atoms with Gasteiger partial charge < -0.3 is 37.1 Å². The molecule has 228 valence electrons. The Hall–Kier alpha value is -4.20. The van der Waals surface area contributed by atoms with Crippen LogP contribution in [-0.4, -0.2) is 65.3 Å². The molecule has 0 bridgehead atoms. The lowest BCUT2D eigenvalue weighted by atomic mass is 9.89. The van der Waals surface area contributed by atoms with E-state index in [-0.39, 0.29) is 42.1 Å². The lowest BCUT2D eigenvalue weighted by molar-refractivity contribution is -0.167. The largest absolute Gasteiger partial charge is 0.480 e. The van der Waals surface area contributed by atoms with Crippen LogP contribution in [0, 0.1) is 0 Å². The minimum atomic E-state index is -2.30. The minimum absolute atomic E-state index is 0.0534. The highest BCUT2D eigenvalue weighted by Crippen LogP contribution is 2.25. The smallest absolute Gasteiger partial charge is 0.344 e. The molecule has 15 heteroatoms. The lowest BCUT2D eigenvalue weighted by Crippen LogP contribution is -2.62. The van der Waals surface area contributed by atoms with Crippen LogP contribution < -0.4 is 22.5 Å². The summed E-state index contributed by atoms with van der Waals surface area (Å²) in [4.78, 5) is 71.4. The van der Waals surface area contributed by atoms with E-state index < -0.39 is 53.4 Å². The summed E-state index contributed by atoms with van der Waals surface area (Å²) in [5, 5.41) is 11.5. The molecule has 1 unspecified atom stereocenters. The van der Waals surface area contributed by atoms with E-state index in [0.717, 1.165) is 6.92 Å². The number of hydrogen-bond donors (Lipinski definition) is 5. The zero-order valence-corrected chi connectivity index (χ0v) is 24.6. The van der Waals surface area contributed by atoms with E-state index in [1.165, 1.54) is 50.2 Å². The summed E-state index contributed by atoms with van der Waals surface area (Å²) in [6.07, 6.45) is -1.00. The number of carboxylic acids is 1. The highest BCUT2D eigenvalue weighted by Gasteiger charge is 2.51. The molecule has 0 heterocycles. The Bertz CT molecular complexity index is 1330. The molecule has 2 aromatic rings. The average Bonchev–Trinajstić information content (AvgIpc) is 2.88. The van der Waals surface area contributed by atoms with Gasteiger partial charge in [0.1, 0.15) is 6.04 Å². The van der Waals surface area contributed by atoms with E-state index in [0.29, 0.717) is 10.0 Å². The van der Waals surface area contributed by atoms with Crippen LogP contribution in [0.5, 0.6) is 0 Å². The number of ketones is 2. The molecule has 0 aliphatic carbocycles. The van der Waals surface area contributed by atoms with Crippen molar-refractivity contribution in [3.63, 3.8) is 0 Å². The predicted molar refractivity (Wildman–Crippen MR) is 155 cm³/mol. The fourth-order valence-electron chi connectivity index (χ4n) is 3.49. The molecule has 0 aromatic heterocycles. The number of anilines is 2. The van der Waals surface area contributed by atoms with Gasteiger partial charge in [-0.15, -0.1) is 0 Å². The van der Waals surface area contributed by atoms with Crippen molar-refractivity contribution in [2.75, 3.05) is 24.7 Å². The van der Waals surface area contributed by atoms with Gasteiger partial charge in [0, 0.05) is 45.9 Å². The van der Waals surface area contributed by atoms with Crippen LogP contribution in [0.15, 0.2) is 36.4 Å². The Morgan fingerprint density at radius 2 is 1.29 bits per heavy atom. The fourth-order valence-corrected chi connectivity index (χ4v) is 3.85. The van der Waals surface area contributed by atoms with Gasteiger partial charge >= 0.3 is 17.9 Å². The summed E-state index contributed by atoms with van der Waals surface area (Å²) in [7, 11) is 0. The first-order valence-corrected chi connectivity index (χ1v) is 13.1. The molecule has 2 rings (SSSR count). The molecule has 13 nitrogen and oxygen atoms in total. The Morgan fingerprint density at radius 1 is 0.857 bits per heavy atom. The normalized spacial score (nSPS) is 11.3. The SMILES string of the molecule is CCOC(=O)C(CC(=O)c1ccc(Cl)cc1N)(NC(C)=O)C(=O)OCC.Nc1cc(Cl)ccc1C(=O)CC(N)C(=O)O. The molecule has 0 aliphatic heterocycles. The Kier molecular flexibility index (Phi) is 13.9. The number of nitrogens with two attached hydrogens (primary N) is 3. The fraction of sp³-hybridized carbons (Fsp3) is 0.333. The second-order valence-electron chi connectivity index (χ2n) is 8.66. The number of carbonyl (C=O) groups excluding carboxylic acids is 5. The maximum atomic E-state index is 12.7. The number of carbonyl (C=O) groups is 6. The van der Waals surface area contributed by atoms with Crippen molar-refractivity contribution in [2.45, 2.75) is 45.2 Å². The first-order valence-electron chi connectivity index (χ1n) is 12.4. The maximum Gasteiger partial charge on any atom is 0.344 e. The number of benzene rings is 2. The molecule has 0 aliphatic rings.